The van der Waals surface area contributed by atoms with Gasteiger partial charge in [-0.15, -0.1) is 0 Å². The lowest BCUT2D eigenvalue weighted by atomic mass is 10.1. The van der Waals surface area contributed by atoms with Crippen LogP contribution in [0.15, 0.2) is 22.7 Å². The molecule has 0 aliphatic carbocycles. The van der Waals surface area contributed by atoms with E-state index in [9.17, 15) is 9.18 Å². The van der Waals surface area contributed by atoms with Crippen LogP contribution >= 0.6 is 15.9 Å². The molecule has 16 heavy (non-hydrogen) atoms. The second-order valence-corrected chi connectivity index (χ2v) is 4.72. The van der Waals surface area contributed by atoms with Crippen LogP contribution in [0.25, 0.3) is 0 Å². The lowest BCUT2D eigenvalue weighted by Gasteiger charge is -2.25. The summed E-state index contributed by atoms with van der Waals surface area (Å²) in [6, 6.07) is 4.55. The zero-order chi connectivity index (χ0) is 12.3. The summed E-state index contributed by atoms with van der Waals surface area (Å²) < 4.78 is 14.2. The topological polar surface area (TPSA) is 20.3 Å². The molecule has 0 spiro atoms. The molecule has 88 valence electrons. The Morgan fingerprint density at radius 1 is 1.50 bits per heavy atom. The van der Waals surface area contributed by atoms with Crippen LogP contribution in [-0.4, -0.2) is 23.4 Å². The summed E-state index contributed by atoms with van der Waals surface area (Å²) >= 11 is 3.16. The molecule has 0 aliphatic heterocycles. The van der Waals surface area contributed by atoms with Crippen LogP contribution in [-0.2, 0) is 0 Å². The van der Waals surface area contributed by atoms with Gasteiger partial charge in [-0.25, -0.2) is 4.39 Å². The summed E-state index contributed by atoms with van der Waals surface area (Å²) in [6.45, 7) is 6.29. The Bertz CT molecular complexity index is 393. The summed E-state index contributed by atoms with van der Waals surface area (Å²) in [5.41, 5.74) is 0.124. The van der Waals surface area contributed by atoms with E-state index in [-0.39, 0.29) is 17.5 Å². The van der Waals surface area contributed by atoms with Crippen LogP contribution in [0, 0.1) is 5.82 Å². The molecule has 1 aromatic rings. The van der Waals surface area contributed by atoms with Gasteiger partial charge in [0, 0.05) is 17.1 Å². The minimum Gasteiger partial charge on any atom is -0.336 e. The van der Waals surface area contributed by atoms with Gasteiger partial charge in [0.2, 0.25) is 0 Å². The van der Waals surface area contributed by atoms with Crippen molar-refractivity contribution in [3.05, 3.63) is 34.1 Å². The lowest BCUT2D eigenvalue weighted by molar-refractivity contribution is 0.0712. The van der Waals surface area contributed by atoms with Crippen molar-refractivity contribution in [2.24, 2.45) is 0 Å². The summed E-state index contributed by atoms with van der Waals surface area (Å²) in [7, 11) is 0. The minimum absolute atomic E-state index is 0.0700. The van der Waals surface area contributed by atoms with E-state index in [1.165, 1.54) is 12.1 Å². The average molecular weight is 288 g/mol. The fraction of sp³-hybridized carbons (Fsp3) is 0.417. The second-order valence-electron chi connectivity index (χ2n) is 3.81. The Labute approximate surface area is 104 Å². The van der Waals surface area contributed by atoms with Gasteiger partial charge in [-0.2, -0.15) is 0 Å². The number of hydrogen-bond acceptors (Lipinski definition) is 1. The minimum atomic E-state index is -0.488. The van der Waals surface area contributed by atoms with Gasteiger partial charge in [0.05, 0.1) is 5.56 Å². The molecule has 0 N–H and O–H groups in total. The van der Waals surface area contributed by atoms with E-state index in [1.54, 1.807) is 11.0 Å². The third kappa shape index (κ3) is 2.82. The molecular weight excluding hydrogens is 273 g/mol. The predicted octanol–water partition coefficient (Wildman–Crippen LogP) is 3.46. The molecular formula is C12H15BrFNO. The number of carbonyl (C=O) groups is 1. The van der Waals surface area contributed by atoms with Crippen LogP contribution < -0.4 is 0 Å². The van der Waals surface area contributed by atoms with E-state index >= 15 is 0 Å². The van der Waals surface area contributed by atoms with E-state index in [2.05, 4.69) is 15.9 Å². The van der Waals surface area contributed by atoms with Crippen molar-refractivity contribution in [3.63, 3.8) is 0 Å². The zero-order valence-corrected chi connectivity index (χ0v) is 11.2. The second kappa shape index (κ2) is 5.43. The van der Waals surface area contributed by atoms with Gasteiger partial charge in [-0.1, -0.05) is 15.9 Å². The van der Waals surface area contributed by atoms with E-state index in [1.807, 2.05) is 20.8 Å². The number of halogens is 2. The Balaban J connectivity index is 3.04. The van der Waals surface area contributed by atoms with Gasteiger partial charge < -0.3 is 4.90 Å². The normalized spacial score (nSPS) is 10.6. The third-order valence-corrected chi connectivity index (χ3v) is 2.88. The molecule has 0 saturated carbocycles. The van der Waals surface area contributed by atoms with Crippen LogP contribution in [0.2, 0.25) is 0 Å². The average Bonchev–Trinajstić information content (AvgIpc) is 2.17. The number of amides is 1. The van der Waals surface area contributed by atoms with Crippen LogP contribution in [0.3, 0.4) is 0 Å². The van der Waals surface area contributed by atoms with Crippen molar-refractivity contribution in [1.29, 1.82) is 0 Å². The van der Waals surface area contributed by atoms with E-state index in [0.717, 1.165) is 0 Å². The molecule has 2 nitrogen and oxygen atoms in total. The molecule has 1 amide bonds. The molecule has 0 aromatic heterocycles. The van der Waals surface area contributed by atoms with Gasteiger partial charge in [-0.3, -0.25) is 4.79 Å². The van der Waals surface area contributed by atoms with Gasteiger partial charge in [0.15, 0.2) is 0 Å². The zero-order valence-electron chi connectivity index (χ0n) is 9.63. The molecule has 0 fully saturated rings. The maximum atomic E-state index is 13.6. The predicted molar refractivity (Wildman–Crippen MR) is 65.9 cm³/mol. The summed E-state index contributed by atoms with van der Waals surface area (Å²) in [5.74, 6) is -0.749. The molecule has 0 bridgehead atoms. The molecule has 0 unspecified atom stereocenters. The van der Waals surface area contributed by atoms with Crippen molar-refractivity contribution >= 4 is 21.8 Å². The molecule has 4 heteroatoms. The maximum absolute atomic E-state index is 13.6. The first-order valence-corrected chi connectivity index (χ1v) is 6.02. The van der Waals surface area contributed by atoms with E-state index < -0.39 is 5.82 Å². The highest BCUT2D eigenvalue weighted by atomic mass is 79.9. The lowest BCUT2D eigenvalue weighted by Crippen LogP contribution is -2.37. The third-order valence-electron chi connectivity index (χ3n) is 2.39. The molecule has 0 saturated heterocycles. The standard InChI is InChI=1S/C12H15BrFNO/c1-4-15(8(2)3)12(16)10-6-5-9(13)7-11(10)14/h5-8H,4H2,1-3H3. The SMILES string of the molecule is CCN(C(=O)c1ccc(Br)cc1F)C(C)C. The highest BCUT2D eigenvalue weighted by Gasteiger charge is 2.20. The van der Waals surface area contributed by atoms with Crippen LogP contribution in [0.5, 0.6) is 0 Å². The van der Waals surface area contributed by atoms with Crippen molar-refractivity contribution < 1.29 is 9.18 Å². The molecule has 0 heterocycles. The molecule has 0 aliphatic rings. The highest BCUT2D eigenvalue weighted by molar-refractivity contribution is 9.10. The smallest absolute Gasteiger partial charge is 0.257 e. The largest absolute Gasteiger partial charge is 0.336 e. The van der Waals surface area contributed by atoms with Crippen LogP contribution in [0.1, 0.15) is 31.1 Å². The van der Waals surface area contributed by atoms with Gasteiger partial charge in [0.1, 0.15) is 5.82 Å². The molecule has 1 rings (SSSR count). The Morgan fingerprint density at radius 3 is 2.56 bits per heavy atom. The van der Waals surface area contributed by atoms with E-state index in [4.69, 9.17) is 0 Å². The fourth-order valence-corrected chi connectivity index (χ4v) is 1.89. The molecule has 0 radical (unpaired) electrons. The molecule has 1 aromatic carbocycles. The summed E-state index contributed by atoms with van der Waals surface area (Å²) in [5, 5.41) is 0. The first-order valence-electron chi connectivity index (χ1n) is 5.23. The van der Waals surface area contributed by atoms with Gasteiger partial charge in [0.25, 0.3) is 5.91 Å². The first-order chi connectivity index (χ1) is 7.47. The van der Waals surface area contributed by atoms with Crippen molar-refractivity contribution in [2.45, 2.75) is 26.8 Å². The Morgan fingerprint density at radius 2 is 2.12 bits per heavy atom. The van der Waals surface area contributed by atoms with Crippen molar-refractivity contribution in [2.75, 3.05) is 6.54 Å². The van der Waals surface area contributed by atoms with Crippen LogP contribution in [0.4, 0.5) is 4.39 Å². The summed E-state index contributed by atoms with van der Waals surface area (Å²) in [6.07, 6.45) is 0. The summed E-state index contributed by atoms with van der Waals surface area (Å²) in [4.78, 5) is 13.7. The van der Waals surface area contributed by atoms with Gasteiger partial charge in [-0.05, 0) is 39.0 Å². The number of hydrogen-bond donors (Lipinski definition) is 0. The number of nitrogens with zero attached hydrogens (tertiary/aromatic N) is 1. The first kappa shape index (κ1) is 13.2. The highest BCUT2D eigenvalue weighted by Crippen LogP contribution is 2.17. The van der Waals surface area contributed by atoms with Gasteiger partial charge >= 0.3 is 0 Å². The number of carbonyl (C=O) groups excluding carboxylic acids is 1. The number of rotatable bonds is 3. The van der Waals surface area contributed by atoms with Crippen molar-refractivity contribution in [1.82, 2.24) is 4.90 Å². The van der Waals surface area contributed by atoms with E-state index in [0.29, 0.717) is 11.0 Å². The fourth-order valence-electron chi connectivity index (χ4n) is 1.56. The maximum Gasteiger partial charge on any atom is 0.257 e. The van der Waals surface area contributed by atoms with Crippen molar-refractivity contribution in [3.8, 4) is 0 Å². The number of benzene rings is 1. The molecule has 0 atom stereocenters. The Hall–Kier alpha value is -0.900. The monoisotopic (exact) mass is 287 g/mol. The quantitative estimate of drug-likeness (QED) is 0.834. The Kier molecular flexibility index (Phi) is 4.47.